The number of nitrogens with one attached hydrogen (secondary N) is 1. The quantitative estimate of drug-likeness (QED) is 0.921. The van der Waals surface area contributed by atoms with E-state index < -0.39 is 0 Å². The van der Waals surface area contributed by atoms with Gasteiger partial charge in [-0.1, -0.05) is 0 Å². The molecule has 2 atom stereocenters. The average Bonchev–Trinajstić information content (AvgIpc) is 3.06. The van der Waals surface area contributed by atoms with Gasteiger partial charge in [0.2, 0.25) is 5.91 Å². The first kappa shape index (κ1) is 14.7. The lowest BCUT2D eigenvalue weighted by atomic mass is 10.1. The molecule has 0 radical (unpaired) electrons. The Morgan fingerprint density at radius 3 is 2.86 bits per heavy atom. The third-order valence-corrected chi connectivity index (χ3v) is 4.42. The molecule has 1 aliphatic rings. The predicted molar refractivity (Wildman–Crippen MR) is 84.2 cm³/mol. The smallest absolute Gasteiger partial charge is 0.279 e. The van der Waals surface area contributed by atoms with Crippen LogP contribution < -0.4 is 10.2 Å². The van der Waals surface area contributed by atoms with Crippen LogP contribution in [0.2, 0.25) is 0 Å². The summed E-state index contributed by atoms with van der Waals surface area (Å²) in [6.45, 7) is 5.52. The zero-order valence-electron chi connectivity index (χ0n) is 12.6. The highest BCUT2D eigenvalue weighted by atomic mass is 32.1. The minimum Gasteiger partial charge on any atom is -0.302 e. The maximum Gasteiger partial charge on any atom is 0.279 e. The van der Waals surface area contributed by atoms with E-state index in [1.165, 1.54) is 18.3 Å². The molecule has 1 N–H and O–H groups in total. The van der Waals surface area contributed by atoms with E-state index in [9.17, 15) is 9.59 Å². The molecule has 0 fully saturated rings. The number of carbonyl (C=O) groups is 2. The highest BCUT2D eigenvalue weighted by Gasteiger charge is 2.33. The molecule has 2 aromatic heterocycles. The summed E-state index contributed by atoms with van der Waals surface area (Å²) in [5.74, 6) is 0.408. The lowest BCUT2D eigenvalue weighted by Crippen LogP contribution is -2.45. The first-order valence-electron chi connectivity index (χ1n) is 7.07. The molecule has 116 valence electrons. The van der Waals surface area contributed by atoms with Crippen LogP contribution in [0, 0.1) is 0 Å². The van der Waals surface area contributed by atoms with Crippen LogP contribution in [0.1, 0.15) is 43.7 Å². The predicted octanol–water partition coefficient (Wildman–Crippen LogP) is 2.30. The Kier molecular flexibility index (Phi) is 3.69. The number of aromatic nitrogens is 3. The number of carbonyl (C=O) groups excluding carboxylic acids is 2. The van der Waals surface area contributed by atoms with Gasteiger partial charge >= 0.3 is 0 Å². The second-order valence-electron chi connectivity index (χ2n) is 5.46. The standard InChI is InChI=1S/C14H17N5O2S/c1-8-6-9(2)19-12(4-5-15-19)18(8)13(21)11-7-22-14(17-11)16-10(3)20/h4-5,7-9H,6H2,1-3H3,(H,16,17,20)/t8-,9+/m0/s1. The number of fused-ring (bicyclic) bond motifs is 1. The molecule has 22 heavy (non-hydrogen) atoms. The van der Waals surface area contributed by atoms with Gasteiger partial charge in [0.15, 0.2) is 5.13 Å². The van der Waals surface area contributed by atoms with Crippen molar-refractivity contribution in [3.8, 4) is 0 Å². The van der Waals surface area contributed by atoms with E-state index in [0.29, 0.717) is 10.8 Å². The molecule has 0 bridgehead atoms. The van der Waals surface area contributed by atoms with Gasteiger partial charge in [-0.25, -0.2) is 9.67 Å². The Morgan fingerprint density at radius 1 is 1.36 bits per heavy atom. The SMILES string of the molecule is CC(=O)Nc1nc(C(=O)N2c3ccnn3[C@H](C)C[C@@H]2C)cs1. The molecule has 0 saturated carbocycles. The van der Waals surface area contributed by atoms with Crippen molar-refractivity contribution < 1.29 is 9.59 Å². The number of thiazole rings is 1. The number of hydrogen-bond donors (Lipinski definition) is 1. The molecule has 7 nitrogen and oxygen atoms in total. The first-order valence-corrected chi connectivity index (χ1v) is 7.95. The van der Waals surface area contributed by atoms with Crippen LogP contribution in [0.3, 0.4) is 0 Å². The molecular weight excluding hydrogens is 302 g/mol. The molecule has 0 saturated heterocycles. The largest absolute Gasteiger partial charge is 0.302 e. The number of amides is 2. The van der Waals surface area contributed by atoms with Crippen LogP contribution in [-0.4, -0.2) is 32.6 Å². The van der Waals surface area contributed by atoms with E-state index in [2.05, 4.69) is 22.3 Å². The minimum atomic E-state index is -0.202. The molecule has 3 heterocycles. The number of nitrogens with zero attached hydrogens (tertiary/aromatic N) is 4. The van der Waals surface area contributed by atoms with Crippen molar-refractivity contribution in [2.24, 2.45) is 0 Å². The van der Waals surface area contributed by atoms with Crippen molar-refractivity contribution in [1.82, 2.24) is 14.8 Å². The van der Waals surface area contributed by atoms with Crippen LogP contribution >= 0.6 is 11.3 Å². The van der Waals surface area contributed by atoms with Crippen LogP contribution in [0.25, 0.3) is 0 Å². The van der Waals surface area contributed by atoms with E-state index in [4.69, 9.17) is 0 Å². The van der Waals surface area contributed by atoms with Crippen molar-refractivity contribution in [3.05, 3.63) is 23.3 Å². The molecule has 3 rings (SSSR count). The van der Waals surface area contributed by atoms with E-state index in [1.807, 2.05) is 17.7 Å². The van der Waals surface area contributed by atoms with Crippen LogP contribution in [0.4, 0.5) is 10.9 Å². The lowest BCUT2D eigenvalue weighted by molar-refractivity contribution is -0.114. The molecule has 0 aromatic carbocycles. The Morgan fingerprint density at radius 2 is 2.14 bits per heavy atom. The Bertz CT molecular complexity index is 722. The van der Waals surface area contributed by atoms with Crippen molar-refractivity contribution in [2.75, 3.05) is 10.2 Å². The number of rotatable bonds is 2. The molecule has 8 heteroatoms. The zero-order chi connectivity index (χ0) is 15.9. The summed E-state index contributed by atoms with van der Waals surface area (Å²) in [4.78, 5) is 29.8. The maximum absolute atomic E-state index is 12.8. The number of hydrogen-bond acceptors (Lipinski definition) is 5. The zero-order valence-corrected chi connectivity index (χ0v) is 13.4. The summed E-state index contributed by atoms with van der Waals surface area (Å²) in [5.41, 5.74) is 0.336. The van der Waals surface area contributed by atoms with Gasteiger partial charge in [0.1, 0.15) is 11.5 Å². The van der Waals surface area contributed by atoms with E-state index in [-0.39, 0.29) is 23.9 Å². The molecule has 1 aliphatic heterocycles. The Hall–Kier alpha value is -2.22. The van der Waals surface area contributed by atoms with Gasteiger partial charge < -0.3 is 5.32 Å². The lowest BCUT2D eigenvalue weighted by Gasteiger charge is -2.36. The highest BCUT2D eigenvalue weighted by molar-refractivity contribution is 7.14. The summed E-state index contributed by atoms with van der Waals surface area (Å²) in [6.07, 6.45) is 2.54. The molecule has 2 aromatic rings. The van der Waals surface area contributed by atoms with Crippen molar-refractivity contribution in [3.63, 3.8) is 0 Å². The second-order valence-corrected chi connectivity index (χ2v) is 6.32. The van der Waals surface area contributed by atoms with Crippen molar-refractivity contribution in [1.29, 1.82) is 0 Å². The average molecular weight is 319 g/mol. The molecular formula is C14H17N5O2S. The summed E-state index contributed by atoms with van der Waals surface area (Å²) in [5, 5.41) is 8.99. The van der Waals surface area contributed by atoms with Crippen LogP contribution in [-0.2, 0) is 4.79 Å². The Balaban J connectivity index is 1.90. The van der Waals surface area contributed by atoms with Crippen molar-refractivity contribution in [2.45, 2.75) is 39.3 Å². The maximum atomic E-state index is 12.8. The van der Waals surface area contributed by atoms with Gasteiger partial charge in [-0.3, -0.25) is 14.5 Å². The number of anilines is 2. The monoisotopic (exact) mass is 319 g/mol. The highest BCUT2D eigenvalue weighted by Crippen LogP contribution is 2.32. The molecule has 0 unspecified atom stereocenters. The van der Waals surface area contributed by atoms with E-state index in [1.54, 1.807) is 16.5 Å². The van der Waals surface area contributed by atoms with E-state index >= 15 is 0 Å². The molecule has 0 spiro atoms. The normalized spacial score (nSPS) is 20.6. The molecule has 2 amide bonds. The van der Waals surface area contributed by atoms with Crippen molar-refractivity contribution >= 4 is 34.1 Å². The Labute approximate surface area is 132 Å². The summed E-state index contributed by atoms with van der Waals surface area (Å²) < 4.78 is 1.86. The fourth-order valence-corrected chi connectivity index (χ4v) is 3.50. The van der Waals surface area contributed by atoms with Gasteiger partial charge in [-0.05, 0) is 20.3 Å². The third kappa shape index (κ3) is 2.50. The van der Waals surface area contributed by atoms with Gasteiger partial charge in [0, 0.05) is 24.4 Å². The fourth-order valence-electron chi connectivity index (χ4n) is 2.77. The topological polar surface area (TPSA) is 80.1 Å². The summed E-state index contributed by atoms with van der Waals surface area (Å²) in [6, 6.07) is 2.16. The van der Waals surface area contributed by atoms with Crippen LogP contribution in [0.5, 0.6) is 0 Å². The van der Waals surface area contributed by atoms with Gasteiger partial charge in [-0.2, -0.15) is 5.10 Å². The summed E-state index contributed by atoms with van der Waals surface area (Å²) in [7, 11) is 0. The summed E-state index contributed by atoms with van der Waals surface area (Å²) >= 11 is 1.24. The second kappa shape index (κ2) is 5.53. The molecule has 0 aliphatic carbocycles. The van der Waals surface area contributed by atoms with Gasteiger partial charge in [0.05, 0.1) is 12.2 Å². The first-order chi connectivity index (χ1) is 10.5. The van der Waals surface area contributed by atoms with E-state index in [0.717, 1.165) is 12.2 Å². The van der Waals surface area contributed by atoms with Gasteiger partial charge in [-0.15, -0.1) is 11.3 Å². The van der Waals surface area contributed by atoms with Crippen LogP contribution in [0.15, 0.2) is 17.6 Å². The minimum absolute atomic E-state index is 0.0672. The van der Waals surface area contributed by atoms with Gasteiger partial charge in [0.25, 0.3) is 5.91 Å². The third-order valence-electron chi connectivity index (χ3n) is 3.66. The fraction of sp³-hybridized carbons (Fsp3) is 0.429.